The summed E-state index contributed by atoms with van der Waals surface area (Å²) in [6.45, 7) is 0. The molecule has 0 radical (unpaired) electrons. The summed E-state index contributed by atoms with van der Waals surface area (Å²) >= 11 is 11.7. The van der Waals surface area contributed by atoms with Crippen molar-refractivity contribution in [1.29, 1.82) is 0 Å². The van der Waals surface area contributed by atoms with Crippen LogP contribution in [0, 0.1) is 5.82 Å². The second-order valence-corrected chi connectivity index (χ2v) is 5.04. The first-order chi connectivity index (χ1) is 9.97. The highest BCUT2D eigenvalue weighted by Crippen LogP contribution is 2.31. The number of carbonyl (C=O) groups excluding carboxylic acids is 1. The fourth-order valence-corrected chi connectivity index (χ4v) is 2.25. The minimum Gasteiger partial charge on any atom is -0.492 e. The Morgan fingerprint density at radius 2 is 2.14 bits per heavy atom. The second kappa shape index (κ2) is 6.28. The predicted octanol–water partition coefficient (Wildman–Crippen LogP) is 3.52. The summed E-state index contributed by atoms with van der Waals surface area (Å²) in [6.07, 6.45) is 0.628. The molecule has 0 saturated heterocycles. The molecule has 0 atom stereocenters. The molecule has 2 rings (SSSR count). The van der Waals surface area contributed by atoms with Crippen molar-refractivity contribution >= 4 is 35.2 Å². The molecule has 2 aromatic rings. The van der Waals surface area contributed by atoms with Gasteiger partial charge in [0.2, 0.25) is 0 Å². The smallest absolute Gasteiger partial charge is 0.173 e. The number of carbonyl (C=O) groups is 1. The first-order valence-electron chi connectivity index (χ1n) is 5.88. The van der Waals surface area contributed by atoms with Crippen LogP contribution < -0.4 is 10.5 Å². The molecule has 1 aromatic heterocycles. The Kier molecular flexibility index (Phi) is 4.65. The second-order valence-electron chi connectivity index (χ2n) is 4.25. The number of nitrogens with zero attached hydrogens (tertiary/aromatic N) is 1. The number of ether oxygens (including phenoxy) is 1. The van der Waals surface area contributed by atoms with Gasteiger partial charge in [-0.25, -0.2) is 9.37 Å². The highest BCUT2D eigenvalue weighted by atomic mass is 35.5. The number of rotatable bonds is 4. The van der Waals surface area contributed by atoms with Crippen LogP contribution >= 0.6 is 23.2 Å². The fourth-order valence-electron chi connectivity index (χ4n) is 1.89. The van der Waals surface area contributed by atoms with Gasteiger partial charge in [-0.1, -0.05) is 29.3 Å². The molecular weight excluding hydrogens is 318 g/mol. The Hall–Kier alpha value is -1.85. The van der Waals surface area contributed by atoms with Gasteiger partial charge in [0.25, 0.3) is 0 Å². The van der Waals surface area contributed by atoms with E-state index in [1.165, 1.54) is 25.3 Å². The zero-order valence-corrected chi connectivity index (χ0v) is 12.5. The SMILES string of the molecule is COc1c(Cl)ccc(Cc2cc(N)c(Cl)c(C=O)n2)c1F. The van der Waals surface area contributed by atoms with Crippen LogP contribution in [0.4, 0.5) is 10.1 Å². The van der Waals surface area contributed by atoms with Crippen molar-refractivity contribution in [3.05, 3.63) is 51.0 Å². The lowest BCUT2D eigenvalue weighted by atomic mass is 10.1. The maximum absolute atomic E-state index is 14.2. The summed E-state index contributed by atoms with van der Waals surface area (Å²) in [6, 6.07) is 4.54. The molecule has 0 amide bonds. The first-order valence-corrected chi connectivity index (χ1v) is 6.64. The third-order valence-corrected chi connectivity index (χ3v) is 3.59. The molecule has 0 unspecified atom stereocenters. The van der Waals surface area contributed by atoms with Crippen LogP contribution in [-0.2, 0) is 6.42 Å². The van der Waals surface area contributed by atoms with E-state index in [4.69, 9.17) is 33.7 Å². The van der Waals surface area contributed by atoms with Crippen LogP contribution in [0.1, 0.15) is 21.7 Å². The summed E-state index contributed by atoms with van der Waals surface area (Å²) in [4.78, 5) is 14.9. The molecule has 4 nitrogen and oxygen atoms in total. The van der Waals surface area contributed by atoms with Gasteiger partial charge >= 0.3 is 0 Å². The molecule has 1 aromatic carbocycles. The molecule has 0 saturated carbocycles. The summed E-state index contributed by atoms with van der Waals surface area (Å²) in [5, 5.41) is 0.263. The van der Waals surface area contributed by atoms with Gasteiger partial charge in [0.15, 0.2) is 17.9 Å². The molecule has 1 heterocycles. The van der Waals surface area contributed by atoms with Crippen molar-refractivity contribution in [1.82, 2.24) is 4.98 Å². The monoisotopic (exact) mass is 328 g/mol. The molecule has 0 aliphatic carbocycles. The van der Waals surface area contributed by atoms with E-state index >= 15 is 0 Å². The number of anilines is 1. The zero-order valence-electron chi connectivity index (χ0n) is 11.0. The maximum atomic E-state index is 14.2. The van der Waals surface area contributed by atoms with Crippen LogP contribution in [0.15, 0.2) is 18.2 Å². The van der Waals surface area contributed by atoms with E-state index in [1.54, 1.807) is 0 Å². The van der Waals surface area contributed by atoms with Gasteiger partial charge < -0.3 is 10.5 Å². The topological polar surface area (TPSA) is 65.2 Å². The van der Waals surface area contributed by atoms with Crippen molar-refractivity contribution in [2.45, 2.75) is 6.42 Å². The van der Waals surface area contributed by atoms with E-state index in [-0.39, 0.29) is 33.6 Å². The average Bonchev–Trinajstić information content (AvgIpc) is 2.46. The standard InChI is InChI=1S/C14H11Cl2FN2O2/c1-21-14-9(15)3-2-7(13(14)17)4-8-5-10(18)12(16)11(6-20)19-8/h2-3,5-6H,4H2,1H3,(H2,18,19). The molecule has 110 valence electrons. The van der Waals surface area contributed by atoms with Gasteiger partial charge in [-0.3, -0.25) is 4.79 Å². The molecule has 0 aliphatic heterocycles. The highest BCUT2D eigenvalue weighted by molar-refractivity contribution is 6.35. The molecule has 0 fully saturated rings. The molecule has 21 heavy (non-hydrogen) atoms. The first kappa shape index (κ1) is 15.5. The average molecular weight is 329 g/mol. The quantitative estimate of drug-likeness (QED) is 0.872. The van der Waals surface area contributed by atoms with Crippen molar-refractivity contribution in [3.8, 4) is 5.75 Å². The van der Waals surface area contributed by atoms with Gasteiger partial charge in [0.05, 0.1) is 22.8 Å². The van der Waals surface area contributed by atoms with Crippen molar-refractivity contribution < 1.29 is 13.9 Å². The minimum atomic E-state index is -0.576. The Bertz CT molecular complexity index is 708. The molecule has 0 spiro atoms. The van der Waals surface area contributed by atoms with Crippen LogP contribution in [0.5, 0.6) is 5.75 Å². The number of aldehydes is 1. The summed E-state index contributed by atoms with van der Waals surface area (Å²) < 4.78 is 19.1. The van der Waals surface area contributed by atoms with Gasteiger partial charge in [0.1, 0.15) is 5.69 Å². The van der Waals surface area contributed by atoms with E-state index < -0.39 is 5.82 Å². The lowest BCUT2D eigenvalue weighted by Gasteiger charge is -2.10. The van der Waals surface area contributed by atoms with Crippen molar-refractivity contribution in [2.24, 2.45) is 0 Å². The van der Waals surface area contributed by atoms with Gasteiger partial charge in [-0.2, -0.15) is 0 Å². The Morgan fingerprint density at radius 3 is 2.76 bits per heavy atom. The third kappa shape index (κ3) is 3.09. The number of benzene rings is 1. The number of aromatic nitrogens is 1. The van der Waals surface area contributed by atoms with Gasteiger partial charge in [-0.05, 0) is 17.7 Å². The molecule has 0 bridgehead atoms. The van der Waals surface area contributed by atoms with Crippen molar-refractivity contribution in [3.63, 3.8) is 0 Å². The lowest BCUT2D eigenvalue weighted by molar-refractivity contribution is 0.111. The zero-order chi connectivity index (χ0) is 15.6. The van der Waals surface area contributed by atoms with E-state index in [2.05, 4.69) is 4.98 Å². The van der Waals surface area contributed by atoms with E-state index in [9.17, 15) is 9.18 Å². The molecule has 2 N–H and O–H groups in total. The highest BCUT2D eigenvalue weighted by Gasteiger charge is 2.15. The minimum absolute atomic E-state index is 0.0213. The van der Waals surface area contributed by atoms with Crippen molar-refractivity contribution in [2.75, 3.05) is 12.8 Å². The predicted molar refractivity (Wildman–Crippen MR) is 79.8 cm³/mol. The van der Waals surface area contributed by atoms with Crippen LogP contribution in [0.25, 0.3) is 0 Å². The number of nitrogen functional groups attached to an aromatic ring is 1. The largest absolute Gasteiger partial charge is 0.492 e. The number of nitrogens with two attached hydrogens (primary N) is 1. The van der Waals surface area contributed by atoms with Crippen LogP contribution in [0.2, 0.25) is 10.0 Å². The Labute approximate surface area is 130 Å². The normalized spacial score (nSPS) is 10.5. The molecule has 0 aliphatic rings. The summed E-state index contributed by atoms with van der Waals surface area (Å²) in [7, 11) is 1.33. The van der Waals surface area contributed by atoms with E-state index in [0.717, 1.165) is 0 Å². The molecule has 7 heteroatoms. The van der Waals surface area contributed by atoms with Crippen LogP contribution in [-0.4, -0.2) is 18.4 Å². The van der Waals surface area contributed by atoms with Crippen LogP contribution in [0.3, 0.4) is 0 Å². The van der Waals surface area contributed by atoms with E-state index in [0.29, 0.717) is 17.5 Å². The third-order valence-electron chi connectivity index (χ3n) is 2.88. The number of hydrogen-bond acceptors (Lipinski definition) is 4. The number of hydrogen-bond donors (Lipinski definition) is 1. The maximum Gasteiger partial charge on any atom is 0.173 e. The Morgan fingerprint density at radius 1 is 1.43 bits per heavy atom. The number of pyridine rings is 1. The van der Waals surface area contributed by atoms with Gasteiger partial charge in [-0.15, -0.1) is 0 Å². The molecular formula is C14H11Cl2FN2O2. The Balaban J connectivity index is 2.43. The number of methoxy groups -OCH3 is 1. The van der Waals surface area contributed by atoms with Gasteiger partial charge in [0, 0.05) is 12.1 Å². The summed E-state index contributed by atoms with van der Waals surface area (Å²) in [5.41, 5.74) is 6.67. The lowest BCUT2D eigenvalue weighted by Crippen LogP contribution is -2.03. The number of halogens is 3. The summed E-state index contributed by atoms with van der Waals surface area (Å²) in [5.74, 6) is -0.611. The van der Waals surface area contributed by atoms with E-state index in [1.807, 2.05) is 0 Å². The fraction of sp³-hybridized carbons (Fsp3) is 0.143.